The Balaban J connectivity index is 1.20. The molecule has 0 amide bonds. The second-order valence-electron chi connectivity index (χ2n) is 9.97. The molecule has 0 fully saturated rings. The van der Waals surface area contributed by atoms with Gasteiger partial charge in [-0.15, -0.1) is 0 Å². The molecule has 182 valence electrons. The number of fused-ring (bicyclic) bond motifs is 5. The van der Waals surface area contributed by atoms with Crippen molar-refractivity contribution < 1.29 is 9.47 Å². The van der Waals surface area contributed by atoms with Crippen molar-refractivity contribution in [2.24, 2.45) is 5.92 Å². The SMILES string of the molecule is C1=CC2c3cc(OCCOc4ccccc4)ccc3NC(c3c4ccccc4cc4ccccc34)C2C1. The van der Waals surface area contributed by atoms with Crippen LogP contribution in [0.2, 0.25) is 0 Å². The highest BCUT2D eigenvalue weighted by Crippen LogP contribution is 2.52. The van der Waals surface area contributed by atoms with Gasteiger partial charge < -0.3 is 14.8 Å². The summed E-state index contributed by atoms with van der Waals surface area (Å²) in [6.45, 7) is 1.02. The van der Waals surface area contributed by atoms with E-state index in [1.165, 1.54) is 38.4 Å². The average Bonchev–Trinajstić information content (AvgIpc) is 3.45. The molecule has 3 nitrogen and oxygen atoms in total. The van der Waals surface area contributed by atoms with Crippen LogP contribution < -0.4 is 14.8 Å². The minimum Gasteiger partial charge on any atom is -0.490 e. The topological polar surface area (TPSA) is 30.5 Å². The number of benzene rings is 5. The minimum atomic E-state index is 0.231. The van der Waals surface area contributed by atoms with Gasteiger partial charge in [0.15, 0.2) is 0 Å². The second-order valence-corrected chi connectivity index (χ2v) is 9.97. The van der Waals surface area contributed by atoms with Gasteiger partial charge in [-0.3, -0.25) is 0 Å². The van der Waals surface area contributed by atoms with Crippen LogP contribution >= 0.6 is 0 Å². The lowest BCUT2D eigenvalue weighted by molar-refractivity contribution is 0.217. The summed E-state index contributed by atoms with van der Waals surface area (Å²) in [5.74, 6) is 2.58. The normalized spacial score (nSPS) is 19.8. The van der Waals surface area contributed by atoms with Crippen LogP contribution in [0.15, 0.2) is 115 Å². The Kier molecular flexibility index (Phi) is 5.55. The smallest absolute Gasteiger partial charge is 0.122 e. The van der Waals surface area contributed by atoms with Crippen molar-refractivity contribution in [2.45, 2.75) is 18.4 Å². The van der Waals surface area contributed by atoms with Crippen molar-refractivity contribution in [3.63, 3.8) is 0 Å². The average molecular weight is 484 g/mol. The van der Waals surface area contributed by atoms with Crippen molar-refractivity contribution in [3.8, 4) is 11.5 Å². The van der Waals surface area contributed by atoms with E-state index in [1.807, 2.05) is 30.3 Å². The van der Waals surface area contributed by atoms with Crippen LogP contribution in [0, 0.1) is 5.92 Å². The molecule has 37 heavy (non-hydrogen) atoms. The summed E-state index contributed by atoms with van der Waals surface area (Å²) in [7, 11) is 0. The molecule has 0 aromatic heterocycles. The molecule has 5 aromatic carbocycles. The fourth-order valence-corrected chi connectivity index (χ4v) is 6.17. The fraction of sp³-hybridized carbons (Fsp3) is 0.176. The zero-order chi connectivity index (χ0) is 24.6. The van der Waals surface area contributed by atoms with Gasteiger partial charge >= 0.3 is 0 Å². The molecule has 3 atom stereocenters. The third-order valence-corrected chi connectivity index (χ3v) is 7.82. The quantitative estimate of drug-likeness (QED) is 0.150. The lowest BCUT2D eigenvalue weighted by Gasteiger charge is -2.38. The summed E-state index contributed by atoms with van der Waals surface area (Å²) < 4.78 is 11.9. The van der Waals surface area contributed by atoms with E-state index < -0.39 is 0 Å². The van der Waals surface area contributed by atoms with Gasteiger partial charge in [0, 0.05) is 11.6 Å². The van der Waals surface area contributed by atoms with Crippen molar-refractivity contribution >= 4 is 27.2 Å². The van der Waals surface area contributed by atoms with Crippen LogP contribution in [-0.2, 0) is 0 Å². The Bertz CT molecular complexity index is 1550. The summed E-state index contributed by atoms with van der Waals surface area (Å²) >= 11 is 0. The molecule has 1 heterocycles. The summed E-state index contributed by atoms with van der Waals surface area (Å²) in [6, 6.07) is 36.5. The van der Waals surface area contributed by atoms with E-state index >= 15 is 0 Å². The molecule has 3 unspecified atom stereocenters. The zero-order valence-corrected chi connectivity index (χ0v) is 20.6. The first-order chi connectivity index (χ1) is 18.3. The predicted molar refractivity (Wildman–Crippen MR) is 152 cm³/mol. The molecule has 0 saturated heterocycles. The van der Waals surface area contributed by atoms with E-state index in [4.69, 9.17) is 9.47 Å². The van der Waals surface area contributed by atoms with E-state index in [1.54, 1.807) is 0 Å². The number of hydrogen-bond acceptors (Lipinski definition) is 3. The summed E-state index contributed by atoms with van der Waals surface area (Å²) in [4.78, 5) is 0. The Labute approximate surface area is 217 Å². The monoisotopic (exact) mass is 483 g/mol. The number of anilines is 1. The zero-order valence-electron chi connectivity index (χ0n) is 20.6. The first kappa shape index (κ1) is 22.0. The Morgan fingerprint density at radius 1 is 0.676 bits per heavy atom. The largest absolute Gasteiger partial charge is 0.490 e. The highest BCUT2D eigenvalue weighted by Gasteiger charge is 2.39. The van der Waals surface area contributed by atoms with Crippen LogP contribution in [0.5, 0.6) is 11.5 Å². The molecule has 0 bridgehead atoms. The van der Waals surface area contributed by atoms with Gasteiger partial charge in [0.1, 0.15) is 24.7 Å². The number of ether oxygens (including phenoxy) is 2. The first-order valence-corrected chi connectivity index (χ1v) is 13.1. The van der Waals surface area contributed by atoms with Gasteiger partial charge in [0.25, 0.3) is 0 Å². The van der Waals surface area contributed by atoms with Gasteiger partial charge in [-0.05, 0) is 81.4 Å². The van der Waals surface area contributed by atoms with Gasteiger partial charge in [-0.1, -0.05) is 78.9 Å². The Morgan fingerprint density at radius 3 is 2.11 bits per heavy atom. The molecule has 0 radical (unpaired) electrons. The third kappa shape index (κ3) is 4.01. The molecule has 0 saturated carbocycles. The summed E-state index contributed by atoms with van der Waals surface area (Å²) in [6.07, 6.45) is 5.82. The minimum absolute atomic E-state index is 0.231. The second kappa shape index (κ2) is 9.33. The predicted octanol–water partition coefficient (Wildman–Crippen LogP) is 8.28. The number of rotatable bonds is 6. The Morgan fingerprint density at radius 2 is 1.35 bits per heavy atom. The van der Waals surface area contributed by atoms with Gasteiger partial charge in [-0.25, -0.2) is 0 Å². The molecule has 1 N–H and O–H groups in total. The Hall–Kier alpha value is -4.24. The molecule has 1 aliphatic heterocycles. The molecule has 3 heteroatoms. The van der Waals surface area contributed by atoms with Crippen molar-refractivity contribution in [1.29, 1.82) is 0 Å². The van der Waals surface area contributed by atoms with Crippen molar-refractivity contribution in [3.05, 3.63) is 126 Å². The molecular weight excluding hydrogens is 454 g/mol. The van der Waals surface area contributed by atoms with Crippen LogP contribution in [0.4, 0.5) is 5.69 Å². The fourth-order valence-electron chi connectivity index (χ4n) is 6.17. The molecule has 1 aliphatic carbocycles. The van der Waals surface area contributed by atoms with Crippen molar-refractivity contribution in [1.82, 2.24) is 0 Å². The van der Waals surface area contributed by atoms with E-state index in [0.29, 0.717) is 25.0 Å². The maximum absolute atomic E-state index is 6.09. The van der Waals surface area contributed by atoms with Gasteiger partial charge in [-0.2, -0.15) is 0 Å². The lowest BCUT2D eigenvalue weighted by atomic mass is 9.75. The third-order valence-electron chi connectivity index (χ3n) is 7.82. The lowest BCUT2D eigenvalue weighted by Crippen LogP contribution is -2.29. The van der Waals surface area contributed by atoms with Gasteiger partial charge in [0.2, 0.25) is 0 Å². The van der Waals surface area contributed by atoms with E-state index in [-0.39, 0.29) is 6.04 Å². The number of nitrogens with one attached hydrogen (secondary N) is 1. The molecule has 0 spiro atoms. The molecular formula is C34H29NO2. The maximum atomic E-state index is 6.09. The van der Waals surface area contributed by atoms with Crippen LogP contribution in [0.1, 0.15) is 29.5 Å². The highest BCUT2D eigenvalue weighted by molar-refractivity contribution is 6.03. The number of para-hydroxylation sites is 1. The van der Waals surface area contributed by atoms with Gasteiger partial charge in [0.05, 0.1) is 6.04 Å². The van der Waals surface area contributed by atoms with Crippen LogP contribution in [0.3, 0.4) is 0 Å². The number of allylic oxidation sites excluding steroid dienone is 2. The van der Waals surface area contributed by atoms with Crippen LogP contribution in [-0.4, -0.2) is 13.2 Å². The highest BCUT2D eigenvalue weighted by atomic mass is 16.5. The standard InChI is InChI=1S/C34H29NO2/c1-2-11-25(12-3-1)36-19-20-37-26-17-18-32-31(22-26)29-15-8-16-30(29)34(35-32)33-27-13-6-4-9-23(27)21-24-10-5-7-14-28(24)33/h1-15,17-18,21-22,29-30,34-35H,16,19-20H2. The molecule has 5 aromatic rings. The van der Waals surface area contributed by atoms with Crippen LogP contribution in [0.25, 0.3) is 21.5 Å². The number of hydrogen-bond donors (Lipinski definition) is 1. The summed E-state index contributed by atoms with van der Waals surface area (Å²) in [5, 5.41) is 9.24. The molecule has 7 rings (SSSR count). The van der Waals surface area contributed by atoms with E-state index in [0.717, 1.165) is 17.9 Å². The van der Waals surface area contributed by atoms with E-state index in [9.17, 15) is 0 Å². The van der Waals surface area contributed by atoms with E-state index in [2.05, 4.69) is 90.3 Å². The summed E-state index contributed by atoms with van der Waals surface area (Å²) in [5.41, 5.74) is 3.93. The molecule has 2 aliphatic rings. The maximum Gasteiger partial charge on any atom is 0.122 e. The first-order valence-electron chi connectivity index (χ1n) is 13.1. The van der Waals surface area contributed by atoms with Crippen molar-refractivity contribution in [2.75, 3.05) is 18.5 Å².